The van der Waals surface area contributed by atoms with Crippen LogP contribution in [-0.4, -0.2) is 13.1 Å². The first-order chi connectivity index (χ1) is 7.72. The fourth-order valence-electron chi connectivity index (χ4n) is 2.57. The van der Waals surface area contributed by atoms with Crippen molar-refractivity contribution < 1.29 is 4.39 Å². The molecule has 0 heterocycles. The monoisotopic (exact) mass is 285 g/mol. The minimum Gasteiger partial charge on any atom is -0.317 e. The summed E-state index contributed by atoms with van der Waals surface area (Å²) in [7, 11) is 1.99. The highest BCUT2D eigenvalue weighted by Gasteiger charge is 2.24. The Morgan fingerprint density at radius 3 is 2.94 bits per heavy atom. The summed E-state index contributed by atoms with van der Waals surface area (Å²) < 4.78 is 14.5. The number of hydrogen-bond donors (Lipinski definition) is 1. The molecule has 1 fully saturated rings. The lowest BCUT2D eigenvalue weighted by Crippen LogP contribution is -2.30. The molecule has 0 saturated heterocycles. The van der Waals surface area contributed by atoms with Gasteiger partial charge in [-0.3, -0.25) is 0 Å². The maximum absolute atomic E-state index is 13.9. The van der Waals surface area contributed by atoms with Gasteiger partial charge in [0.2, 0.25) is 0 Å². The Hall–Kier alpha value is -0.410. The number of rotatable bonds is 2. The molecule has 88 valence electrons. The summed E-state index contributed by atoms with van der Waals surface area (Å²) in [6.07, 6.45) is 4.54. The third kappa shape index (κ3) is 2.46. The van der Waals surface area contributed by atoms with Gasteiger partial charge in [-0.25, -0.2) is 4.39 Å². The van der Waals surface area contributed by atoms with Gasteiger partial charge in [0.25, 0.3) is 0 Å². The Labute approximate surface area is 105 Å². The van der Waals surface area contributed by atoms with Gasteiger partial charge in [-0.05, 0) is 59.8 Å². The zero-order valence-electron chi connectivity index (χ0n) is 9.47. The lowest BCUT2D eigenvalue weighted by Gasteiger charge is -2.29. The van der Waals surface area contributed by atoms with E-state index >= 15 is 0 Å². The lowest BCUT2D eigenvalue weighted by atomic mass is 9.81. The van der Waals surface area contributed by atoms with Crippen molar-refractivity contribution >= 4 is 15.9 Å². The van der Waals surface area contributed by atoms with Crippen molar-refractivity contribution in [2.75, 3.05) is 7.05 Å². The van der Waals surface area contributed by atoms with E-state index in [4.69, 9.17) is 0 Å². The van der Waals surface area contributed by atoms with E-state index in [0.717, 1.165) is 18.4 Å². The van der Waals surface area contributed by atoms with Crippen LogP contribution in [0.2, 0.25) is 0 Å². The van der Waals surface area contributed by atoms with Crippen LogP contribution in [0.15, 0.2) is 22.7 Å². The third-order valence-corrected chi connectivity index (χ3v) is 4.12. The van der Waals surface area contributed by atoms with E-state index in [9.17, 15) is 4.39 Å². The van der Waals surface area contributed by atoms with Crippen molar-refractivity contribution in [2.24, 2.45) is 0 Å². The third-order valence-electron chi connectivity index (χ3n) is 3.50. The van der Waals surface area contributed by atoms with Gasteiger partial charge in [-0.15, -0.1) is 0 Å². The highest BCUT2D eigenvalue weighted by atomic mass is 79.9. The first kappa shape index (κ1) is 12.1. The topological polar surface area (TPSA) is 12.0 Å². The largest absolute Gasteiger partial charge is 0.317 e. The Bertz CT molecular complexity index is 367. The molecule has 1 aliphatic carbocycles. The SMILES string of the molecule is CNC1CCCC(c2cccc(Br)c2F)C1. The number of benzene rings is 1. The molecule has 1 aromatic rings. The molecule has 2 atom stereocenters. The van der Waals surface area contributed by atoms with E-state index in [2.05, 4.69) is 21.2 Å². The molecule has 0 radical (unpaired) electrons. The molecule has 1 nitrogen and oxygen atoms in total. The number of hydrogen-bond acceptors (Lipinski definition) is 1. The van der Waals surface area contributed by atoms with Gasteiger partial charge in [-0.2, -0.15) is 0 Å². The minimum atomic E-state index is -0.0794. The summed E-state index contributed by atoms with van der Waals surface area (Å²) in [5.74, 6) is 0.285. The van der Waals surface area contributed by atoms with Gasteiger partial charge in [0, 0.05) is 6.04 Å². The fraction of sp³-hybridized carbons (Fsp3) is 0.538. The molecule has 0 spiro atoms. The second-order valence-corrected chi connectivity index (χ2v) is 5.35. The summed E-state index contributed by atoms with van der Waals surface area (Å²) in [5, 5.41) is 3.30. The standard InChI is InChI=1S/C13H17BrFN/c1-16-10-5-2-4-9(8-10)11-6-3-7-12(14)13(11)15/h3,6-7,9-10,16H,2,4-5,8H2,1H3. The van der Waals surface area contributed by atoms with Gasteiger partial charge in [-0.1, -0.05) is 18.6 Å². The molecular weight excluding hydrogens is 269 g/mol. The van der Waals surface area contributed by atoms with E-state index in [0.29, 0.717) is 16.4 Å². The normalized spacial score (nSPS) is 25.7. The van der Waals surface area contributed by atoms with Gasteiger partial charge in [0.15, 0.2) is 0 Å². The first-order valence-corrected chi connectivity index (χ1v) is 6.63. The predicted octanol–water partition coefficient (Wildman–Crippen LogP) is 3.83. The Kier molecular flexibility index (Phi) is 3.98. The van der Waals surface area contributed by atoms with E-state index < -0.39 is 0 Å². The Morgan fingerprint density at radius 2 is 2.19 bits per heavy atom. The molecule has 0 aromatic heterocycles. The van der Waals surface area contributed by atoms with Gasteiger partial charge in [0.05, 0.1) is 4.47 Å². The van der Waals surface area contributed by atoms with Crippen molar-refractivity contribution in [3.63, 3.8) is 0 Å². The van der Waals surface area contributed by atoms with Gasteiger partial charge < -0.3 is 5.32 Å². The van der Waals surface area contributed by atoms with Crippen molar-refractivity contribution in [3.05, 3.63) is 34.1 Å². The zero-order chi connectivity index (χ0) is 11.5. The van der Waals surface area contributed by atoms with Crippen molar-refractivity contribution in [1.29, 1.82) is 0 Å². The summed E-state index contributed by atoms with van der Waals surface area (Å²) in [5.41, 5.74) is 0.870. The van der Waals surface area contributed by atoms with Gasteiger partial charge >= 0.3 is 0 Å². The van der Waals surface area contributed by atoms with Crippen molar-refractivity contribution in [3.8, 4) is 0 Å². The second-order valence-electron chi connectivity index (χ2n) is 4.49. The van der Waals surface area contributed by atoms with Crippen molar-refractivity contribution in [2.45, 2.75) is 37.6 Å². The minimum absolute atomic E-state index is 0.0794. The molecule has 3 heteroatoms. The Balaban J connectivity index is 2.20. The van der Waals surface area contributed by atoms with E-state index in [1.807, 2.05) is 19.2 Å². The van der Waals surface area contributed by atoms with E-state index in [1.165, 1.54) is 12.8 Å². The molecule has 1 aromatic carbocycles. The summed E-state index contributed by atoms with van der Waals surface area (Å²) in [6.45, 7) is 0. The predicted molar refractivity (Wildman–Crippen MR) is 68.2 cm³/mol. The van der Waals surface area contributed by atoms with Gasteiger partial charge in [0.1, 0.15) is 5.82 Å². The Morgan fingerprint density at radius 1 is 1.38 bits per heavy atom. The highest BCUT2D eigenvalue weighted by molar-refractivity contribution is 9.10. The number of halogens is 2. The fourth-order valence-corrected chi connectivity index (χ4v) is 2.95. The first-order valence-electron chi connectivity index (χ1n) is 5.83. The average Bonchev–Trinajstić information content (AvgIpc) is 2.33. The van der Waals surface area contributed by atoms with Crippen molar-refractivity contribution in [1.82, 2.24) is 5.32 Å². The highest BCUT2D eigenvalue weighted by Crippen LogP contribution is 2.35. The van der Waals surface area contributed by atoms with E-state index in [1.54, 1.807) is 6.07 Å². The smallest absolute Gasteiger partial charge is 0.140 e. The molecule has 1 N–H and O–H groups in total. The van der Waals surface area contributed by atoms with Crippen LogP contribution < -0.4 is 5.32 Å². The molecule has 0 aliphatic heterocycles. The molecule has 1 aliphatic rings. The molecule has 2 rings (SSSR count). The van der Waals surface area contributed by atoms with Crippen LogP contribution in [0, 0.1) is 5.82 Å². The van der Waals surface area contributed by atoms with E-state index in [-0.39, 0.29) is 5.82 Å². The maximum atomic E-state index is 13.9. The van der Waals surface area contributed by atoms with Crippen LogP contribution >= 0.6 is 15.9 Å². The maximum Gasteiger partial charge on any atom is 0.140 e. The lowest BCUT2D eigenvalue weighted by molar-refractivity contribution is 0.349. The molecular formula is C13H17BrFN. The second kappa shape index (κ2) is 5.28. The summed E-state index contributed by atoms with van der Waals surface area (Å²) >= 11 is 3.25. The van der Waals surface area contributed by atoms with Crippen LogP contribution in [0.25, 0.3) is 0 Å². The average molecular weight is 286 g/mol. The molecule has 0 bridgehead atoms. The van der Waals surface area contributed by atoms with Crippen LogP contribution in [0.1, 0.15) is 37.2 Å². The van der Waals surface area contributed by atoms with Crippen LogP contribution in [0.5, 0.6) is 0 Å². The quantitative estimate of drug-likeness (QED) is 0.871. The zero-order valence-corrected chi connectivity index (χ0v) is 11.1. The number of nitrogens with one attached hydrogen (secondary N) is 1. The molecule has 2 unspecified atom stereocenters. The van der Waals surface area contributed by atoms with Crippen LogP contribution in [0.4, 0.5) is 4.39 Å². The summed E-state index contributed by atoms with van der Waals surface area (Å²) in [4.78, 5) is 0. The van der Waals surface area contributed by atoms with Crippen LogP contribution in [0.3, 0.4) is 0 Å². The molecule has 1 saturated carbocycles. The summed E-state index contributed by atoms with van der Waals surface area (Å²) in [6, 6.07) is 6.14. The molecule has 16 heavy (non-hydrogen) atoms. The van der Waals surface area contributed by atoms with Crippen LogP contribution in [-0.2, 0) is 0 Å². The molecule has 0 amide bonds.